The van der Waals surface area contributed by atoms with Crippen molar-refractivity contribution in [1.82, 2.24) is 10.2 Å². The zero-order valence-corrected chi connectivity index (χ0v) is 19.7. The van der Waals surface area contributed by atoms with Gasteiger partial charge in [-0.3, -0.25) is 9.59 Å². The van der Waals surface area contributed by atoms with Crippen LogP contribution >= 0.6 is 0 Å². The number of carbonyl (C=O) groups is 3. The van der Waals surface area contributed by atoms with E-state index in [1.807, 2.05) is 31.2 Å². The summed E-state index contributed by atoms with van der Waals surface area (Å²) >= 11 is 0. The molecule has 7 nitrogen and oxygen atoms in total. The lowest BCUT2D eigenvalue weighted by Gasteiger charge is -2.42. The molecule has 0 radical (unpaired) electrons. The third kappa shape index (κ3) is 4.79. The van der Waals surface area contributed by atoms with E-state index in [1.54, 1.807) is 11.8 Å². The van der Waals surface area contributed by atoms with Gasteiger partial charge >= 0.3 is 12.1 Å². The summed E-state index contributed by atoms with van der Waals surface area (Å²) in [6, 6.07) is 15.6. The van der Waals surface area contributed by atoms with E-state index in [9.17, 15) is 19.5 Å². The number of aliphatic carboxylic acids is 1. The fourth-order valence-corrected chi connectivity index (χ4v) is 4.88. The Hall–Kier alpha value is -3.35. The molecule has 4 rings (SSSR count). The van der Waals surface area contributed by atoms with Gasteiger partial charge in [-0.25, -0.2) is 4.79 Å². The van der Waals surface area contributed by atoms with Gasteiger partial charge in [-0.05, 0) is 28.7 Å². The van der Waals surface area contributed by atoms with Gasteiger partial charge in [0.1, 0.15) is 12.6 Å². The molecular weight excluding hydrogens is 432 g/mol. The Morgan fingerprint density at radius 3 is 2.21 bits per heavy atom. The highest BCUT2D eigenvalue weighted by molar-refractivity contribution is 5.86. The maximum Gasteiger partial charge on any atom is 0.407 e. The van der Waals surface area contributed by atoms with Gasteiger partial charge in [0.25, 0.3) is 0 Å². The number of ether oxygens (including phenoxy) is 1. The summed E-state index contributed by atoms with van der Waals surface area (Å²) in [6.45, 7) is 4.69. The number of carboxylic acids is 1. The molecule has 0 bridgehead atoms. The second-order valence-corrected chi connectivity index (χ2v) is 9.29. The average Bonchev–Trinajstić information content (AvgIpc) is 3.13. The molecule has 2 N–H and O–H groups in total. The number of alkyl carbamates (subject to hydrolysis) is 1. The van der Waals surface area contributed by atoms with Gasteiger partial charge in [-0.2, -0.15) is 0 Å². The highest BCUT2D eigenvalue weighted by Crippen LogP contribution is 2.44. The van der Waals surface area contributed by atoms with Crippen LogP contribution in [0.3, 0.4) is 0 Å². The molecule has 1 aliphatic carbocycles. The zero-order valence-electron chi connectivity index (χ0n) is 19.7. The summed E-state index contributed by atoms with van der Waals surface area (Å²) < 4.78 is 5.62. The van der Waals surface area contributed by atoms with Gasteiger partial charge in [-0.1, -0.05) is 75.2 Å². The number of unbranched alkanes of at least 4 members (excludes halogenated alkanes) is 1. The number of nitrogens with one attached hydrogen (secondary N) is 1. The number of benzene rings is 2. The quantitative estimate of drug-likeness (QED) is 0.578. The average molecular weight is 465 g/mol. The summed E-state index contributed by atoms with van der Waals surface area (Å²) in [5, 5.41) is 12.0. The first-order valence-electron chi connectivity index (χ1n) is 12.0. The summed E-state index contributed by atoms with van der Waals surface area (Å²) in [7, 11) is 0. The summed E-state index contributed by atoms with van der Waals surface area (Å²) in [4.78, 5) is 38.5. The van der Waals surface area contributed by atoms with Crippen LogP contribution in [0.15, 0.2) is 48.5 Å². The molecule has 7 heteroatoms. The van der Waals surface area contributed by atoms with E-state index < -0.39 is 24.0 Å². The van der Waals surface area contributed by atoms with Gasteiger partial charge in [0.15, 0.2) is 0 Å². The Balaban J connectivity index is 1.37. The Morgan fingerprint density at radius 1 is 1.06 bits per heavy atom. The highest BCUT2D eigenvalue weighted by Gasteiger charge is 2.39. The number of hydrogen-bond donors (Lipinski definition) is 2. The Labute approximate surface area is 200 Å². The predicted molar refractivity (Wildman–Crippen MR) is 128 cm³/mol. The van der Waals surface area contributed by atoms with Gasteiger partial charge in [-0.15, -0.1) is 0 Å². The van der Waals surface area contributed by atoms with Crippen molar-refractivity contribution in [3.63, 3.8) is 0 Å². The van der Waals surface area contributed by atoms with Crippen molar-refractivity contribution in [1.29, 1.82) is 0 Å². The van der Waals surface area contributed by atoms with Crippen molar-refractivity contribution in [2.75, 3.05) is 19.7 Å². The van der Waals surface area contributed by atoms with Crippen LogP contribution in [0.5, 0.6) is 0 Å². The minimum Gasteiger partial charge on any atom is -0.481 e. The normalized spacial score (nSPS) is 16.7. The lowest BCUT2D eigenvalue weighted by atomic mass is 9.86. The fourth-order valence-electron chi connectivity index (χ4n) is 4.88. The largest absolute Gasteiger partial charge is 0.481 e. The van der Waals surface area contributed by atoms with Crippen LogP contribution in [0, 0.1) is 11.8 Å². The van der Waals surface area contributed by atoms with Crippen molar-refractivity contribution in [2.24, 2.45) is 11.8 Å². The molecule has 0 saturated carbocycles. The molecule has 34 heavy (non-hydrogen) atoms. The standard InChI is InChI=1S/C27H32N2O5/c1-3-4-13-24(25(30)29-14-18(15-29)17(2)26(31)32)28-27(33)34-16-23-21-11-7-5-9-19(21)20-10-6-8-12-22(20)23/h5-12,17-18,23-24H,3-4,13-16H2,1-2H3,(H,28,33)(H,31,32)/t17?,24-/m0/s1. The van der Waals surface area contributed by atoms with E-state index in [0.29, 0.717) is 19.5 Å². The molecule has 2 amide bonds. The first-order chi connectivity index (χ1) is 16.4. The van der Waals surface area contributed by atoms with Gasteiger partial charge < -0.3 is 20.1 Å². The molecule has 2 aromatic rings. The topological polar surface area (TPSA) is 95.9 Å². The van der Waals surface area contributed by atoms with Gasteiger partial charge in [0.2, 0.25) is 5.91 Å². The second-order valence-electron chi connectivity index (χ2n) is 9.29. The number of amides is 2. The van der Waals surface area contributed by atoms with E-state index in [-0.39, 0.29) is 24.3 Å². The number of rotatable bonds is 9. The van der Waals surface area contributed by atoms with Crippen LogP contribution in [0.2, 0.25) is 0 Å². The van der Waals surface area contributed by atoms with E-state index in [2.05, 4.69) is 29.6 Å². The highest BCUT2D eigenvalue weighted by atomic mass is 16.5. The molecule has 1 aliphatic heterocycles. The van der Waals surface area contributed by atoms with Crippen LogP contribution in [0.1, 0.15) is 50.2 Å². The number of carboxylic acid groups (broad SMARTS) is 1. The molecule has 1 heterocycles. The number of hydrogen-bond acceptors (Lipinski definition) is 4. The second kappa shape index (κ2) is 10.3. The van der Waals surface area contributed by atoms with Crippen molar-refractivity contribution in [3.05, 3.63) is 59.7 Å². The maximum atomic E-state index is 13.0. The number of carbonyl (C=O) groups excluding carboxylic acids is 2. The van der Waals surface area contributed by atoms with E-state index in [1.165, 1.54) is 0 Å². The lowest BCUT2D eigenvalue weighted by Crippen LogP contribution is -2.59. The van der Waals surface area contributed by atoms with Gasteiger partial charge in [0.05, 0.1) is 5.92 Å². The van der Waals surface area contributed by atoms with Crippen molar-refractivity contribution < 1.29 is 24.2 Å². The van der Waals surface area contributed by atoms with Crippen molar-refractivity contribution in [2.45, 2.75) is 45.1 Å². The Kier molecular flexibility index (Phi) is 7.20. The summed E-state index contributed by atoms with van der Waals surface area (Å²) in [5.74, 6) is -1.61. The molecular formula is C27H32N2O5. The smallest absolute Gasteiger partial charge is 0.407 e. The Bertz CT molecular complexity index is 1020. The van der Waals surface area contributed by atoms with E-state index in [0.717, 1.165) is 35.1 Å². The minimum atomic E-state index is -0.851. The lowest BCUT2D eigenvalue weighted by molar-refractivity contribution is -0.151. The van der Waals surface area contributed by atoms with Crippen LogP contribution in [0.25, 0.3) is 11.1 Å². The van der Waals surface area contributed by atoms with Crippen LogP contribution in [-0.2, 0) is 14.3 Å². The molecule has 1 fully saturated rings. The number of likely N-dealkylation sites (tertiary alicyclic amines) is 1. The SMILES string of the molecule is CCCC[C@H](NC(=O)OCC1c2ccccc2-c2ccccc21)C(=O)N1CC(C(C)C(=O)O)C1. The van der Waals surface area contributed by atoms with Crippen LogP contribution in [-0.4, -0.2) is 53.7 Å². The van der Waals surface area contributed by atoms with Gasteiger partial charge in [0, 0.05) is 24.9 Å². The van der Waals surface area contributed by atoms with Crippen LogP contribution < -0.4 is 5.32 Å². The van der Waals surface area contributed by atoms with Crippen molar-refractivity contribution in [3.8, 4) is 11.1 Å². The molecule has 180 valence electrons. The zero-order chi connectivity index (χ0) is 24.2. The number of nitrogens with zero attached hydrogens (tertiary/aromatic N) is 1. The van der Waals surface area contributed by atoms with Crippen molar-refractivity contribution >= 4 is 18.0 Å². The first-order valence-corrected chi connectivity index (χ1v) is 12.0. The molecule has 0 spiro atoms. The molecule has 2 atom stereocenters. The van der Waals surface area contributed by atoms with E-state index >= 15 is 0 Å². The molecule has 0 aromatic heterocycles. The van der Waals surface area contributed by atoms with Crippen LogP contribution in [0.4, 0.5) is 4.79 Å². The predicted octanol–water partition coefficient (Wildman–Crippen LogP) is 4.26. The molecule has 1 unspecified atom stereocenters. The molecule has 2 aromatic carbocycles. The third-order valence-electron chi connectivity index (χ3n) is 7.10. The summed E-state index contributed by atoms with van der Waals surface area (Å²) in [5.41, 5.74) is 4.58. The third-order valence-corrected chi connectivity index (χ3v) is 7.10. The monoisotopic (exact) mass is 464 g/mol. The number of fused-ring (bicyclic) bond motifs is 3. The van der Waals surface area contributed by atoms with E-state index in [4.69, 9.17) is 4.74 Å². The fraction of sp³-hybridized carbons (Fsp3) is 0.444. The summed E-state index contributed by atoms with van der Waals surface area (Å²) in [6.07, 6.45) is 1.61. The maximum absolute atomic E-state index is 13.0. The molecule has 1 saturated heterocycles. The Morgan fingerprint density at radius 2 is 1.65 bits per heavy atom. The molecule has 2 aliphatic rings. The minimum absolute atomic E-state index is 0.0448. The first kappa shape index (κ1) is 23.8.